The van der Waals surface area contributed by atoms with Crippen molar-refractivity contribution >= 4 is 23.4 Å². The number of rotatable bonds is 7. The fourth-order valence-electron chi connectivity index (χ4n) is 2.60. The highest BCUT2D eigenvalue weighted by molar-refractivity contribution is 6.31. The molecule has 2 aromatic carbocycles. The van der Waals surface area contributed by atoms with E-state index in [0.717, 1.165) is 5.56 Å². The predicted molar refractivity (Wildman–Crippen MR) is 107 cm³/mol. The van der Waals surface area contributed by atoms with E-state index in [1.165, 1.54) is 18.2 Å². The summed E-state index contributed by atoms with van der Waals surface area (Å²) >= 11 is 6.18. The van der Waals surface area contributed by atoms with Crippen LogP contribution in [0.4, 0.5) is 24.9 Å². The third-order valence-electron chi connectivity index (χ3n) is 3.84. The van der Waals surface area contributed by atoms with Crippen LogP contribution in [0.15, 0.2) is 54.6 Å². The summed E-state index contributed by atoms with van der Waals surface area (Å²) in [5.41, 5.74) is 1.80. The van der Waals surface area contributed by atoms with Crippen molar-refractivity contribution in [3.63, 3.8) is 0 Å². The first-order chi connectivity index (χ1) is 13.8. The van der Waals surface area contributed by atoms with Crippen LogP contribution < -0.4 is 15.4 Å². The van der Waals surface area contributed by atoms with Crippen LogP contribution in [0.25, 0.3) is 11.3 Å². The number of nitrogens with one attached hydrogen (secondary N) is 2. The lowest BCUT2D eigenvalue weighted by Crippen LogP contribution is -2.17. The summed E-state index contributed by atoms with van der Waals surface area (Å²) in [4.78, 5) is 8.77. The maximum atomic E-state index is 12.5. The molecule has 29 heavy (non-hydrogen) atoms. The van der Waals surface area contributed by atoms with Crippen LogP contribution in [-0.4, -0.2) is 22.9 Å². The molecular formula is C20H18ClF3N4O. The van der Waals surface area contributed by atoms with Crippen LogP contribution in [0.1, 0.15) is 12.5 Å². The number of benzene rings is 2. The first-order valence-corrected chi connectivity index (χ1v) is 9.18. The van der Waals surface area contributed by atoms with Crippen LogP contribution in [0.5, 0.6) is 5.75 Å². The average Bonchev–Trinajstić information content (AvgIpc) is 2.66. The molecule has 0 spiro atoms. The van der Waals surface area contributed by atoms with Gasteiger partial charge in [0.2, 0.25) is 5.95 Å². The zero-order valence-corrected chi connectivity index (χ0v) is 16.2. The molecule has 0 unspecified atom stereocenters. The Morgan fingerprint density at radius 3 is 2.52 bits per heavy atom. The maximum Gasteiger partial charge on any atom is 0.573 e. The molecule has 0 radical (unpaired) electrons. The molecule has 0 fully saturated rings. The van der Waals surface area contributed by atoms with Gasteiger partial charge in [-0.3, -0.25) is 0 Å². The van der Waals surface area contributed by atoms with Gasteiger partial charge in [0.15, 0.2) is 0 Å². The predicted octanol–water partition coefficient (Wildman–Crippen LogP) is 5.74. The number of ether oxygens (including phenoxy) is 1. The van der Waals surface area contributed by atoms with Crippen LogP contribution in [0.3, 0.4) is 0 Å². The Morgan fingerprint density at radius 1 is 1.00 bits per heavy atom. The standard InChI is InChI=1S/C20H18ClF3N4O/c1-2-25-19-27-17(13-7-5-8-15(10-13)29-20(22,23)24)11-18(28-19)26-12-14-6-3-4-9-16(14)21/h3-11H,2,12H2,1H3,(H2,25,26,27,28). The van der Waals surface area contributed by atoms with E-state index in [0.29, 0.717) is 41.1 Å². The van der Waals surface area contributed by atoms with Crippen molar-refractivity contribution in [2.75, 3.05) is 17.2 Å². The summed E-state index contributed by atoms with van der Waals surface area (Å²) in [7, 11) is 0. The molecule has 0 amide bonds. The van der Waals surface area contributed by atoms with E-state index >= 15 is 0 Å². The molecule has 2 N–H and O–H groups in total. The molecular weight excluding hydrogens is 405 g/mol. The second kappa shape index (κ2) is 9.00. The highest BCUT2D eigenvalue weighted by atomic mass is 35.5. The molecule has 3 aromatic rings. The zero-order chi connectivity index (χ0) is 20.9. The molecule has 5 nitrogen and oxygen atoms in total. The molecule has 0 aliphatic rings. The molecule has 152 valence electrons. The van der Waals surface area contributed by atoms with Gasteiger partial charge in [0.1, 0.15) is 11.6 Å². The number of nitrogens with zero attached hydrogens (tertiary/aromatic N) is 2. The van der Waals surface area contributed by atoms with Crippen molar-refractivity contribution in [3.05, 3.63) is 65.2 Å². The second-order valence-electron chi connectivity index (χ2n) is 6.01. The van der Waals surface area contributed by atoms with E-state index in [1.54, 1.807) is 18.2 Å². The van der Waals surface area contributed by atoms with Gasteiger partial charge < -0.3 is 15.4 Å². The van der Waals surface area contributed by atoms with Gasteiger partial charge in [-0.1, -0.05) is 41.9 Å². The zero-order valence-electron chi connectivity index (χ0n) is 15.4. The van der Waals surface area contributed by atoms with Crippen molar-refractivity contribution in [2.45, 2.75) is 19.8 Å². The van der Waals surface area contributed by atoms with Gasteiger partial charge in [-0.2, -0.15) is 4.98 Å². The summed E-state index contributed by atoms with van der Waals surface area (Å²) in [5, 5.41) is 6.82. The molecule has 0 aliphatic heterocycles. The van der Waals surface area contributed by atoms with Crippen molar-refractivity contribution in [1.29, 1.82) is 0 Å². The van der Waals surface area contributed by atoms with E-state index in [9.17, 15) is 13.2 Å². The van der Waals surface area contributed by atoms with Crippen LogP contribution in [0.2, 0.25) is 5.02 Å². The average molecular weight is 423 g/mol. The van der Waals surface area contributed by atoms with Gasteiger partial charge in [0.05, 0.1) is 5.69 Å². The monoisotopic (exact) mass is 422 g/mol. The SMILES string of the molecule is CCNc1nc(NCc2ccccc2Cl)cc(-c2cccc(OC(F)(F)F)c2)n1. The van der Waals surface area contributed by atoms with Crippen molar-refractivity contribution in [3.8, 4) is 17.0 Å². The summed E-state index contributed by atoms with van der Waals surface area (Å²) in [6, 6.07) is 14.7. The molecule has 0 atom stereocenters. The maximum absolute atomic E-state index is 12.5. The summed E-state index contributed by atoms with van der Waals surface area (Å²) in [6.45, 7) is 2.91. The fraction of sp³-hybridized carbons (Fsp3) is 0.200. The van der Waals surface area contributed by atoms with Crippen molar-refractivity contribution in [2.24, 2.45) is 0 Å². The summed E-state index contributed by atoms with van der Waals surface area (Å²) < 4.78 is 41.6. The van der Waals surface area contributed by atoms with Gasteiger partial charge in [-0.05, 0) is 30.7 Å². The van der Waals surface area contributed by atoms with E-state index < -0.39 is 6.36 Å². The topological polar surface area (TPSA) is 59.1 Å². The first kappa shape index (κ1) is 20.7. The molecule has 0 saturated heterocycles. The van der Waals surface area contributed by atoms with Crippen LogP contribution in [-0.2, 0) is 6.54 Å². The van der Waals surface area contributed by atoms with Crippen LogP contribution in [0, 0.1) is 0 Å². The Labute approximate surface area is 170 Å². The molecule has 3 rings (SSSR count). The third-order valence-corrected chi connectivity index (χ3v) is 4.21. The Bertz CT molecular complexity index is 982. The van der Waals surface area contributed by atoms with Crippen molar-refractivity contribution < 1.29 is 17.9 Å². The molecule has 9 heteroatoms. The molecule has 0 bridgehead atoms. The number of anilines is 2. The number of aromatic nitrogens is 2. The first-order valence-electron chi connectivity index (χ1n) is 8.80. The number of halogens is 4. The molecule has 1 aromatic heterocycles. The van der Waals surface area contributed by atoms with E-state index in [1.807, 2.05) is 25.1 Å². The lowest BCUT2D eigenvalue weighted by atomic mass is 10.1. The highest BCUT2D eigenvalue weighted by Gasteiger charge is 2.31. The molecule has 0 saturated carbocycles. The normalized spacial score (nSPS) is 11.2. The van der Waals surface area contributed by atoms with E-state index in [4.69, 9.17) is 11.6 Å². The Kier molecular flexibility index (Phi) is 6.43. The fourth-order valence-corrected chi connectivity index (χ4v) is 2.81. The second-order valence-corrected chi connectivity index (χ2v) is 6.42. The van der Waals surface area contributed by atoms with E-state index in [2.05, 4.69) is 25.3 Å². The minimum Gasteiger partial charge on any atom is -0.406 e. The lowest BCUT2D eigenvalue weighted by Gasteiger charge is -2.13. The summed E-state index contributed by atoms with van der Waals surface area (Å²) in [6.07, 6.45) is -4.76. The van der Waals surface area contributed by atoms with Gasteiger partial charge in [-0.15, -0.1) is 13.2 Å². The smallest absolute Gasteiger partial charge is 0.406 e. The summed E-state index contributed by atoms with van der Waals surface area (Å²) in [5.74, 6) is 0.547. The van der Waals surface area contributed by atoms with Crippen molar-refractivity contribution in [1.82, 2.24) is 9.97 Å². The van der Waals surface area contributed by atoms with Gasteiger partial charge in [-0.25, -0.2) is 4.98 Å². The largest absolute Gasteiger partial charge is 0.573 e. The highest BCUT2D eigenvalue weighted by Crippen LogP contribution is 2.29. The molecule has 1 heterocycles. The number of hydrogen-bond acceptors (Lipinski definition) is 5. The minimum absolute atomic E-state index is 0.316. The van der Waals surface area contributed by atoms with Gasteiger partial charge in [0, 0.05) is 29.7 Å². The Morgan fingerprint density at radius 2 is 1.79 bits per heavy atom. The van der Waals surface area contributed by atoms with E-state index in [-0.39, 0.29) is 5.75 Å². The third kappa shape index (κ3) is 5.99. The van der Waals surface area contributed by atoms with Gasteiger partial charge in [0.25, 0.3) is 0 Å². The van der Waals surface area contributed by atoms with Gasteiger partial charge >= 0.3 is 6.36 Å². The van der Waals surface area contributed by atoms with Crippen LogP contribution >= 0.6 is 11.6 Å². The Hall–Kier alpha value is -3.00. The number of hydrogen-bond donors (Lipinski definition) is 2. The molecule has 0 aliphatic carbocycles. The Balaban J connectivity index is 1.89. The quantitative estimate of drug-likeness (QED) is 0.508. The minimum atomic E-state index is -4.76. The lowest BCUT2D eigenvalue weighted by molar-refractivity contribution is -0.274. The number of alkyl halides is 3.